The summed E-state index contributed by atoms with van der Waals surface area (Å²) in [5.74, 6) is -0.0668. The summed E-state index contributed by atoms with van der Waals surface area (Å²) < 4.78 is 13.1. The highest BCUT2D eigenvalue weighted by Gasteiger charge is 2.31. The topological polar surface area (TPSA) is 44.4 Å². The lowest BCUT2D eigenvalue weighted by atomic mass is 9.97. The van der Waals surface area contributed by atoms with E-state index in [2.05, 4.69) is 22.5 Å². The van der Waals surface area contributed by atoms with Crippen LogP contribution in [0.5, 0.6) is 0 Å². The Bertz CT molecular complexity index is 554. The van der Waals surface area contributed by atoms with E-state index in [0.717, 1.165) is 50.8 Å². The van der Waals surface area contributed by atoms with Crippen LogP contribution >= 0.6 is 12.4 Å². The van der Waals surface area contributed by atoms with Gasteiger partial charge in [-0.05, 0) is 63.4 Å². The Kier molecular flexibility index (Phi) is 7.66. The average Bonchev–Trinajstić information content (AvgIpc) is 2.59. The van der Waals surface area contributed by atoms with Crippen molar-refractivity contribution < 1.29 is 9.18 Å². The van der Waals surface area contributed by atoms with Crippen molar-refractivity contribution >= 4 is 18.3 Å². The molecule has 140 valence electrons. The van der Waals surface area contributed by atoms with Crippen LogP contribution in [0.2, 0.25) is 0 Å². The van der Waals surface area contributed by atoms with Crippen LogP contribution in [0, 0.1) is 5.82 Å². The number of likely N-dealkylation sites (tertiary alicyclic amines) is 1. The number of nitrogens with zero attached hydrogens (tertiary/aromatic N) is 1. The third-order valence-electron chi connectivity index (χ3n) is 5.30. The van der Waals surface area contributed by atoms with Crippen LogP contribution in [0.15, 0.2) is 24.3 Å². The molecule has 0 radical (unpaired) electrons. The second-order valence-corrected chi connectivity index (χ2v) is 7.11. The number of carbonyl (C=O) groups is 1. The first kappa shape index (κ1) is 20.1. The molecule has 4 nitrogen and oxygen atoms in total. The van der Waals surface area contributed by atoms with Gasteiger partial charge in [-0.3, -0.25) is 9.69 Å². The molecule has 0 aliphatic carbocycles. The highest BCUT2D eigenvalue weighted by molar-refractivity contribution is 5.85. The third-order valence-corrected chi connectivity index (χ3v) is 5.30. The number of nitrogens with one attached hydrogen (secondary N) is 2. The van der Waals surface area contributed by atoms with Gasteiger partial charge in [0, 0.05) is 18.6 Å². The first-order valence-electron chi connectivity index (χ1n) is 9.16. The minimum Gasteiger partial charge on any atom is -0.350 e. The van der Waals surface area contributed by atoms with Crippen molar-refractivity contribution in [2.24, 2.45) is 0 Å². The van der Waals surface area contributed by atoms with Gasteiger partial charge in [0.05, 0.1) is 6.04 Å². The Morgan fingerprint density at radius 3 is 2.72 bits per heavy atom. The van der Waals surface area contributed by atoms with Crippen LogP contribution in [-0.2, 0) is 11.3 Å². The third kappa shape index (κ3) is 5.40. The molecule has 0 bridgehead atoms. The lowest BCUT2D eigenvalue weighted by Gasteiger charge is -2.37. The molecule has 0 spiro atoms. The molecule has 0 saturated carbocycles. The van der Waals surface area contributed by atoms with Crippen molar-refractivity contribution in [2.75, 3.05) is 13.1 Å². The van der Waals surface area contributed by atoms with Gasteiger partial charge < -0.3 is 10.6 Å². The molecular weight excluding hydrogens is 341 g/mol. The van der Waals surface area contributed by atoms with E-state index in [0.29, 0.717) is 12.6 Å². The molecule has 2 heterocycles. The molecule has 2 aliphatic heterocycles. The van der Waals surface area contributed by atoms with Crippen LogP contribution < -0.4 is 10.6 Å². The maximum Gasteiger partial charge on any atom is 0.237 e. The van der Waals surface area contributed by atoms with Crippen LogP contribution in [-0.4, -0.2) is 42.0 Å². The van der Waals surface area contributed by atoms with Gasteiger partial charge in [-0.2, -0.15) is 0 Å². The van der Waals surface area contributed by atoms with Crippen molar-refractivity contribution in [3.05, 3.63) is 35.6 Å². The number of rotatable bonds is 4. The number of hydrogen-bond donors (Lipinski definition) is 2. The summed E-state index contributed by atoms with van der Waals surface area (Å²) in [7, 11) is 0. The molecule has 2 saturated heterocycles. The van der Waals surface area contributed by atoms with Crippen molar-refractivity contribution in [1.29, 1.82) is 0 Å². The van der Waals surface area contributed by atoms with Gasteiger partial charge in [-0.15, -0.1) is 12.4 Å². The number of hydrogen-bond acceptors (Lipinski definition) is 3. The number of halogens is 2. The average molecular weight is 370 g/mol. The largest absolute Gasteiger partial charge is 0.350 e. The number of carbonyl (C=O) groups excluding carboxylic acids is 1. The standard InChI is InChI=1S/C19H28FN3O.ClH/c1-14-17(5-4-11-21-14)22-19(24)18-6-2-3-12-23(18)13-15-7-9-16(20)10-8-15;/h7-10,14,17-18,21H,2-6,11-13H2,1H3,(H,22,24);1H. The Hall–Kier alpha value is -1.17. The van der Waals surface area contributed by atoms with Gasteiger partial charge in [0.15, 0.2) is 0 Å². The van der Waals surface area contributed by atoms with Crippen LogP contribution in [0.1, 0.15) is 44.6 Å². The Labute approximate surface area is 156 Å². The molecule has 3 unspecified atom stereocenters. The maximum absolute atomic E-state index is 13.1. The Balaban J connectivity index is 0.00000225. The zero-order valence-corrected chi connectivity index (χ0v) is 15.7. The minimum atomic E-state index is -0.217. The molecule has 2 fully saturated rings. The Morgan fingerprint density at radius 1 is 1.24 bits per heavy atom. The Morgan fingerprint density at radius 2 is 2.00 bits per heavy atom. The predicted octanol–water partition coefficient (Wildman–Crippen LogP) is 2.86. The van der Waals surface area contributed by atoms with Crippen LogP contribution in [0.25, 0.3) is 0 Å². The smallest absolute Gasteiger partial charge is 0.237 e. The molecule has 3 rings (SSSR count). The molecule has 6 heteroatoms. The molecular formula is C19H29ClFN3O. The second kappa shape index (κ2) is 9.51. The minimum absolute atomic E-state index is 0. The molecule has 2 N–H and O–H groups in total. The zero-order valence-electron chi connectivity index (χ0n) is 14.8. The van der Waals surface area contributed by atoms with Crippen molar-refractivity contribution in [2.45, 2.75) is 63.7 Å². The van der Waals surface area contributed by atoms with E-state index in [-0.39, 0.29) is 36.2 Å². The van der Waals surface area contributed by atoms with Gasteiger partial charge in [-0.1, -0.05) is 18.6 Å². The number of amides is 1. The fraction of sp³-hybridized carbons (Fsp3) is 0.632. The zero-order chi connectivity index (χ0) is 16.9. The van der Waals surface area contributed by atoms with Gasteiger partial charge in [0.25, 0.3) is 0 Å². The molecule has 1 amide bonds. The SMILES string of the molecule is CC1NCCCC1NC(=O)C1CCCCN1Cc1ccc(F)cc1.Cl. The highest BCUT2D eigenvalue weighted by Crippen LogP contribution is 2.21. The lowest BCUT2D eigenvalue weighted by molar-refractivity contribution is -0.129. The van der Waals surface area contributed by atoms with Crippen LogP contribution in [0.3, 0.4) is 0 Å². The van der Waals surface area contributed by atoms with Gasteiger partial charge in [0.2, 0.25) is 5.91 Å². The number of benzene rings is 1. The van der Waals surface area contributed by atoms with Crippen molar-refractivity contribution in [3.63, 3.8) is 0 Å². The van der Waals surface area contributed by atoms with E-state index >= 15 is 0 Å². The van der Waals surface area contributed by atoms with E-state index < -0.39 is 0 Å². The number of piperidine rings is 2. The molecule has 3 atom stereocenters. The molecule has 0 aromatic heterocycles. The molecule has 2 aliphatic rings. The first-order valence-corrected chi connectivity index (χ1v) is 9.16. The van der Waals surface area contributed by atoms with E-state index in [4.69, 9.17) is 0 Å². The molecule has 25 heavy (non-hydrogen) atoms. The highest BCUT2D eigenvalue weighted by atomic mass is 35.5. The summed E-state index contributed by atoms with van der Waals surface area (Å²) in [6, 6.07) is 7.08. The fourth-order valence-corrected chi connectivity index (χ4v) is 3.82. The summed E-state index contributed by atoms with van der Waals surface area (Å²) in [5, 5.41) is 6.69. The van der Waals surface area contributed by atoms with Crippen molar-refractivity contribution in [3.8, 4) is 0 Å². The molecule has 1 aromatic rings. The fourth-order valence-electron chi connectivity index (χ4n) is 3.82. The monoisotopic (exact) mass is 369 g/mol. The van der Waals surface area contributed by atoms with Gasteiger partial charge >= 0.3 is 0 Å². The summed E-state index contributed by atoms with van der Waals surface area (Å²) >= 11 is 0. The predicted molar refractivity (Wildman–Crippen MR) is 100 cm³/mol. The van der Waals surface area contributed by atoms with Gasteiger partial charge in [-0.25, -0.2) is 4.39 Å². The quantitative estimate of drug-likeness (QED) is 0.857. The normalized spacial score (nSPS) is 27.4. The summed E-state index contributed by atoms with van der Waals surface area (Å²) in [4.78, 5) is 15.1. The first-order chi connectivity index (χ1) is 11.6. The van der Waals surface area contributed by atoms with Crippen LogP contribution in [0.4, 0.5) is 4.39 Å². The summed E-state index contributed by atoms with van der Waals surface area (Å²) in [6.07, 6.45) is 5.27. The lowest BCUT2D eigenvalue weighted by Crippen LogP contribution is -2.57. The van der Waals surface area contributed by atoms with E-state index in [1.54, 1.807) is 0 Å². The maximum atomic E-state index is 13.1. The van der Waals surface area contributed by atoms with E-state index in [9.17, 15) is 9.18 Å². The van der Waals surface area contributed by atoms with E-state index in [1.165, 1.54) is 12.1 Å². The summed E-state index contributed by atoms with van der Waals surface area (Å²) in [6.45, 7) is 4.81. The van der Waals surface area contributed by atoms with E-state index in [1.807, 2.05) is 12.1 Å². The molecule has 1 aromatic carbocycles. The van der Waals surface area contributed by atoms with Crippen molar-refractivity contribution in [1.82, 2.24) is 15.5 Å². The second-order valence-electron chi connectivity index (χ2n) is 7.11. The van der Waals surface area contributed by atoms with Gasteiger partial charge in [0.1, 0.15) is 5.82 Å². The summed E-state index contributed by atoms with van der Waals surface area (Å²) in [5.41, 5.74) is 1.06.